The van der Waals surface area contributed by atoms with Crippen LogP contribution in [0.3, 0.4) is 0 Å². The Morgan fingerprint density at radius 3 is 2.67 bits per heavy atom. The number of hydrogen-bond acceptors (Lipinski definition) is 2. The lowest BCUT2D eigenvalue weighted by Gasteiger charge is -2.40. The third-order valence-electron chi connectivity index (χ3n) is 6.53. The van der Waals surface area contributed by atoms with E-state index in [4.69, 9.17) is 0 Å². The Kier molecular flexibility index (Phi) is 5.83. The molecule has 0 unspecified atom stereocenters. The van der Waals surface area contributed by atoms with Crippen molar-refractivity contribution in [2.24, 2.45) is 11.3 Å². The number of hydrogen-bond donors (Lipinski definition) is 0. The van der Waals surface area contributed by atoms with Crippen LogP contribution >= 0.6 is 0 Å². The summed E-state index contributed by atoms with van der Waals surface area (Å²) in [5.41, 5.74) is -0.256. The first kappa shape index (κ1) is 17.8. The summed E-state index contributed by atoms with van der Waals surface area (Å²) in [6, 6.07) is 0. The van der Waals surface area contributed by atoms with E-state index in [0.717, 1.165) is 51.2 Å². The second-order valence-corrected chi connectivity index (χ2v) is 8.28. The van der Waals surface area contributed by atoms with Crippen molar-refractivity contribution < 1.29 is 9.59 Å². The molecule has 3 fully saturated rings. The summed E-state index contributed by atoms with van der Waals surface area (Å²) in [6.07, 6.45) is 12.5. The summed E-state index contributed by atoms with van der Waals surface area (Å²) in [5, 5.41) is 0. The molecule has 24 heavy (non-hydrogen) atoms. The number of carbonyl (C=O) groups is 2. The maximum Gasteiger partial charge on any atom is 0.230 e. The first-order valence-corrected chi connectivity index (χ1v) is 10.2. The molecule has 3 aliphatic rings. The van der Waals surface area contributed by atoms with E-state index >= 15 is 0 Å². The number of rotatable bonds is 5. The van der Waals surface area contributed by atoms with Gasteiger partial charge in [0.05, 0.1) is 5.41 Å². The molecule has 2 aliphatic heterocycles. The Morgan fingerprint density at radius 2 is 1.92 bits per heavy atom. The van der Waals surface area contributed by atoms with E-state index in [1.165, 1.54) is 38.5 Å². The van der Waals surface area contributed by atoms with Gasteiger partial charge in [-0.2, -0.15) is 0 Å². The summed E-state index contributed by atoms with van der Waals surface area (Å²) in [6.45, 7) is 5.36. The molecule has 0 N–H and O–H groups in total. The number of piperidine rings is 1. The molecule has 2 amide bonds. The minimum atomic E-state index is -0.256. The van der Waals surface area contributed by atoms with Gasteiger partial charge in [-0.1, -0.05) is 39.0 Å². The smallest absolute Gasteiger partial charge is 0.230 e. The quantitative estimate of drug-likeness (QED) is 0.771. The summed E-state index contributed by atoms with van der Waals surface area (Å²) >= 11 is 0. The lowest BCUT2D eigenvalue weighted by Crippen LogP contribution is -2.50. The first-order chi connectivity index (χ1) is 11.6. The Morgan fingerprint density at radius 1 is 1.12 bits per heavy atom. The molecular weight excluding hydrogens is 300 g/mol. The van der Waals surface area contributed by atoms with Gasteiger partial charge in [-0.15, -0.1) is 0 Å². The van der Waals surface area contributed by atoms with E-state index in [1.54, 1.807) is 0 Å². The van der Waals surface area contributed by atoms with Gasteiger partial charge in [0.2, 0.25) is 11.8 Å². The molecule has 0 aromatic carbocycles. The average molecular weight is 335 g/mol. The minimum absolute atomic E-state index is 0.238. The zero-order chi connectivity index (χ0) is 17.0. The second-order valence-electron chi connectivity index (χ2n) is 8.28. The van der Waals surface area contributed by atoms with Crippen molar-refractivity contribution >= 4 is 11.8 Å². The molecule has 3 rings (SSSR count). The van der Waals surface area contributed by atoms with Crippen LogP contribution < -0.4 is 0 Å². The van der Waals surface area contributed by atoms with Gasteiger partial charge < -0.3 is 9.80 Å². The van der Waals surface area contributed by atoms with Crippen molar-refractivity contribution in [2.75, 3.05) is 26.2 Å². The SMILES string of the molecule is CCCC(=O)N1CC[C@]2(CCCN(CCC3CCCCC3)C2=O)C1. The largest absolute Gasteiger partial charge is 0.342 e. The van der Waals surface area contributed by atoms with Gasteiger partial charge in [0.15, 0.2) is 0 Å². The Balaban J connectivity index is 1.55. The van der Waals surface area contributed by atoms with Gasteiger partial charge in [0, 0.05) is 32.6 Å². The van der Waals surface area contributed by atoms with E-state index in [2.05, 4.69) is 4.90 Å². The van der Waals surface area contributed by atoms with Crippen molar-refractivity contribution in [3.05, 3.63) is 0 Å². The highest BCUT2D eigenvalue weighted by molar-refractivity contribution is 5.86. The highest BCUT2D eigenvalue weighted by Gasteiger charge is 2.49. The van der Waals surface area contributed by atoms with E-state index in [9.17, 15) is 9.59 Å². The monoisotopic (exact) mass is 334 g/mol. The lowest BCUT2D eigenvalue weighted by atomic mass is 9.78. The lowest BCUT2D eigenvalue weighted by molar-refractivity contribution is -0.146. The van der Waals surface area contributed by atoms with E-state index < -0.39 is 0 Å². The molecule has 1 spiro atoms. The number of amides is 2. The fourth-order valence-corrected chi connectivity index (χ4v) is 5.02. The van der Waals surface area contributed by atoms with Crippen molar-refractivity contribution in [3.8, 4) is 0 Å². The van der Waals surface area contributed by atoms with Crippen LogP contribution in [-0.2, 0) is 9.59 Å². The number of carbonyl (C=O) groups excluding carboxylic acids is 2. The molecule has 136 valence electrons. The molecule has 0 aromatic heterocycles. The summed E-state index contributed by atoms with van der Waals surface area (Å²) in [4.78, 5) is 29.4. The average Bonchev–Trinajstić information content (AvgIpc) is 3.03. The molecule has 1 aliphatic carbocycles. The molecular formula is C20H34N2O2. The van der Waals surface area contributed by atoms with Crippen molar-refractivity contribution in [2.45, 2.75) is 77.6 Å². The fraction of sp³-hybridized carbons (Fsp3) is 0.900. The van der Waals surface area contributed by atoms with E-state index in [-0.39, 0.29) is 11.3 Å². The van der Waals surface area contributed by atoms with Crippen LogP contribution in [0.4, 0.5) is 0 Å². The Bertz CT molecular complexity index is 459. The van der Waals surface area contributed by atoms with Crippen molar-refractivity contribution in [1.82, 2.24) is 9.80 Å². The highest BCUT2D eigenvalue weighted by Crippen LogP contribution is 2.40. The predicted molar refractivity (Wildman–Crippen MR) is 95.5 cm³/mol. The summed E-state index contributed by atoms with van der Waals surface area (Å²) < 4.78 is 0. The maximum atomic E-state index is 13.1. The van der Waals surface area contributed by atoms with Crippen LogP contribution in [-0.4, -0.2) is 47.8 Å². The van der Waals surface area contributed by atoms with Crippen LogP contribution in [0, 0.1) is 11.3 Å². The molecule has 4 heteroatoms. The van der Waals surface area contributed by atoms with Crippen LogP contribution in [0.25, 0.3) is 0 Å². The molecule has 0 aromatic rings. The number of likely N-dealkylation sites (tertiary alicyclic amines) is 2. The van der Waals surface area contributed by atoms with Crippen molar-refractivity contribution in [3.63, 3.8) is 0 Å². The topological polar surface area (TPSA) is 40.6 Å². The van der Waals surface area contributed by atoms with E-state index in [1.807, 2.05) is 11.8 Å². The fourth-order valence-electron chi connectivity index (χ4n) is 5.02. The molecule has 4 nitrogen and oxygen atoms in total. The van der Waals surface area contributed by atoms with Crippen LogP contribution in [0.5, 0.6) is 0 Å². The van der Waals surface area contributed by atoms with Gasteiger partial charge in [-0.25, -0.2) is 0 Å². The molecule has 0 bridgehead atoms. The third kappa shape index (κ3) is 3.78. The summed E-state index contributed by atoms with van der Waals surface area (Å²) in [7, 11) is 0. The van der Waals surface area contributed by atoms with Gasteiger partial charge >= 0.3 is 0 Å². The first-order valence-electron chi connectivity index (χ1n) is 10.2. The Labute approximate surface area is 146 Å². The summed E-state index contributed by atoms with van der Waals surface area (Å²) in [5.74, 6) is 1.41. The van der Waals surface area contributed by atoms with Crippen LogP contribution in [0.1, 0.15) is 77.6 Å². The Hall–Kier alpha value is -1.06. The predicted octanol–water partition coefficient (Wildman–Crippen LogP) is 3.60. The van der Waals surface area contributed by atoms with Gasteiger partial charge in [0.1, 0.15) is 0 Å². The van der Waals surface area contributed by atoms with Crippen molar-refractivity contribution in [1.29, 1.82) is 0 Å². The molecule has 2 saturated heterocycles. The number of nitrogens with zero attached hydrogens (tertiary/aromatic N) is 2. The standard InChI is InChI=1S/C20H34N2O2/c1-2-7-18(23)22-15-12-20(16-22)11-6-13-21(19(20)24)14-10-17-8-4-3-5-9-17/h17H,2-16H2,1H3/t20-/m1/s1. The minimum Gasteiger partial charge on any atom is -0.342 e. The second kappa shape index (κ2) is 7.88. The van der Waals surface area contributed by atoms with Crippen LogP contribution in [0.2, 0.25) is 0 Å². The zero-order valence-electron chi connectivity index (χ0n) is 15.4. The molecule has 0 radical (unpaired) electrons. The highest BCUT2D eigenvalue weighted by atomic mass is 16.2. The molecule has 1 atom stereocenters. The normalized spacial score (nSPS) is 28.8. The molecule has 1 saturated carbocycles. The van der Waals surface area contributed by atoms with Gasteiger partial charge in [-0.3, -0.25) is 9.59 Å². The maximum absolute atomic E-state index is 13.1. The van der Waals surface area contributed by atoms with Gasteiger partial charge in [0.25, 0.3) is 0 Å². The molecule has 2 heterocycles. The zero-order valence-corrected chi connectivity index (χ0v) is 15.4. The van der Waals surface area contributed by atoms with Gasteiger partial charge in [-0.05, 0) is 38.0 Å². The van der Waals surface area contributed by atoms with Crippen LogP contribution in [0.15, 0.2) is 0 Å². The van der Waals surface area contributed by atoms with E-state index in [0.29, 0.717) is 18.9 Å². The third-order valence-corrected chi connectivity index (χ3v) is 6.53.